The topological polar surface area (TPSA) is 0 Å². The maximum absolute atomic E-state index is 2.28. The van der Waals surface area contributed by atoms with Crippen molar-refractivity contribution in [3.05, 3.63) is 185 Å². The van der Waals surface area contributed by atoms with Crippen molar-refractivity contribution in [3.8, 4) is 0 Å². The molecule has 0 nitrogen and oxygen atoms in total. The van der Waals surface area contributed by atoms with Gasteiger partial charge in [-0.3, -0.25) is 0 Å². The molecule has 0 amide bonds. The highest BCUT2D eigenvalue weighted by Gasteiger charge is 2.20. The molecular weight excluding hydrogens is 384 g/mol. The third-order valence-electron chi connectivity index (χ3n) is 5.92. The Morgan fingerprint density at radius 1 is 0.312 bits per heavy atom. The Labute approximate surface area is 190 Å². The zero-order valence-electron chi connectivity index (χ0n) is 17.9. The largest absolute Gasteiger partial charge is 0.0629 e. The summed E-state index contributed by atoms with van der Waals surface area (Å²) < 4.78 is 0. The second kappa shape index (κ2) is 9.49. The van der Waals surface area contributed by atoms with E-state index in [0.29, 0.717) is 0 Å². The van der Waals surface area contributed by atoms with Gasteiger partial charge in [0.1, 0.15) is 0 Å². The lowest BCUT2D eigenvalue weighted by Crippen LogP contribution is -2.06. The maximum atomic E-state index is 2.28. The molecule has 0 N–H and O–H groups in total. The Bertz CT molecular complexity index is 1040. The van der Waals surface area contributed by atoms with Gasteiger partial charge in [0, 0.05) is 5.92 Å². The monoisotopic (exact) mass is 409 g/mol. The van der Waals surface area contributed by atoms with Gasteiger partial charge in [-0.1, -0.05) is 146 Å². The number of hydrogen-bond acceptors (Lipinski definition) is 0. The van der Waals surface area contributed by atoms with E-state index in [1.54, 1.807) is 0 Å². The second-order valence-electron chi connectivity index (χ2n) is 7.98. The van der Waals surface area contributed by atoms with Gasteiger partial charge in [0.05, 0.1) is 5.92 Å². The summed E-state index contributed by atoms with van der Waals surface area (Å²) in [5, 5.41) is 0. The van der Waals surface area contributed by atoms with Crippen molar-refractivity contribution in [3.63, 3.8) is 0 Å². The predicted octanol–water partition coefficient (Wildman–Crippen LogP) is 7.89. The molecule has 0 aliphatic heterocycles. The molecule has 5 aromatic rings. The van der Waals surface area contributed by atoms with E-state index in [-0.39, 0.29) is 5.92 Å². The lowest BCUT2D eigenvalue weighted by molar-refractivity contribution is 0.975. The van der Waals surface area contributed by atoms with Crippen LogP contribution in [0.4, 0.5) is 0 Å². The Morgan fingerprint density at radius 2 is 0.625 bits per heavy atom. The molecule has 0 heterocycles. The molecule has 0 unspecified atom stereocenters. The smallest absolute Gasteiger partial charge is 0.0622 e. The van der Waals surface area contributed by atoms with Crippen molar-refractivity contribution in [2.45, 2.75) is 5.92 Å². The maximum Gasteiger partial charge on any atom is 0.0629 e. The molecule has 0 atom stereocenters. The van der Waals surface area contributed by atoms with Gasteiger partial charge in [0.2, 0.25) is 0 Å². The van der Waals surface area contributed by atoms with Crippen LogP contribution in [-0.2, 0) is 0 Å². The van der Waals surface area contributed by atoms with E-state index >= 15 is 0 Å². The van der Waals surface area contributed by atoms with Crippen molar-refractivity contribution in [1.82, 2.24) is 0 Å². The predicted molar refractivity (Wildman–Crippen MR) is 134 cm³/mol. The highest BCUT2D eigenvalue weighted by molar-refractivity contribution is 5.58. The van der Waals surface area contributed by atoms with Crippen LogP contribution in [0.1, 0.15) is 39.3 Å². The van der Waals surface area contributed by atoms with Crippen molar-refractivity contribution in [2.75, 3.05) is 0 Å². The molecular formula is C32H25. The van der Waals surface area contributed by atoms with Gasteiger partial charge >= 0.3 is 0 Å². The van der Waals surface area contributed by atoms with Crippen molar-refractivity contribution < 1.29 is 0 Å². The molecule has 5 aromatic carbocycles. The zero-order valence-corrected chi connectivity index (χ0v) is 17.9. The van der Waals surface area contributed by atoms with E-state index in [9.17, 15) is 0 Å². The highest BCUT2D eigenvalue weighted by Crippen LogP contribution is 2.35. The molecule has 153 valence electrons. The zero-order chi connectivity index (χ0) is 21.6. The summed E-state index contributed by atoms with van der Waals surface area (Å²) in [6, 6.07) is 51.9. The second-order valence-corrected chi connectivity index (χ2v) is 7.98. The third-order valence-corrected chi connectivity index (χ3v) is 5.92. The van der Waals surface area contributed by atoms with Gasteiger partial charge in [-0.25, -0.2) is 0 Å². The first-order valence-corrected chi connectivity index (χ1v) is 11.1. The number of benzene rings is 5. The lowest BCUT2D eigenvalue weighted by Gasteiger charge is -2.21. The van der Waals surface area contributed by atoms with Crippen LogP contribution in [-0.4, -0.2) is 0 Å². The normalized spacial score (nSPS) is 11.1. The van der Waals surface area contributed by atoms with Gasteiger partial charge in [-0.2, -0.15) is 0 Å². The molecule has 0 aliphatic rings. The van der Waals surface area contributed by atoms with E-state index in [0.717, 1.165) is 0 Å². The molecule has 1 radical (unpaired) electrons. The molecule has 0 spiro atoms. The van der Waals surface area contributed by atoms with Crippen LogP contribution < -0.4 is 0 Å². The Kier molecular flexibility index (Phi) is 5.94. The summed E-state index contributed by atoms with van der Waals surface area (Å²) in [7, 11) is 0. The fourth-order valence-electron chi connectivity index (χ4n) is 4.42. The van der Waals surface area contributed by atoms with Gasteiger partial charge < -0.3 is 0 Å². The minimum atomic E-state index is 0.211. The molecule has 0 bridgehead atoms. The van der Waals surface area contributed by atoms with E-state index in [1.807, 2.05) is 0 Å². The molecule has 0 aliphatic carbocycles. The standard InChI is InChI=1S/C32H25/c1-5-13-25(14-6-1)31(26-15-7-2-8-16-26)29-21-23-30(24-22-29)32(27-17-9-3-10-18-27)28-19-11-4-12-20-28/h1-24,31H. The molecule has 32 heavy (non-hydrogen) atoms. The summed E-state index contributed by atoms with van der Waals surface area (Å²) in [5.41, 5.74) is 7.60. The molecule has 5 rings (SSSR count). The molecule has 0 saturated carbocycles. The van der Waals surface area contributed by atoms with Gasteiger partial charge in [-0.05, 0) is 33.4 Å². The number of hydrogen-bond donors (Lipinski definition) is 0. The molecule has 0 aromatic heterocycles. The van der Waals surface area contributed by atoms with Gasteiger partial charge in [0.15, 0.2) is 0 Å². The highest BCUT2D eigenvalue weighted by atomic mass is 14.2. The Morgan fingerprint density at radius 3 is 1.03 bits per heavy atom. The van der Waals surface area contributed by atoms with E-state index in [2.05, 4.69) is 146 Å². The van der Waals surface area contributed by atoms with E-state index in [4.69, 9.17) is 0 Å². The summed E-state index contributed by atoms with van der Waals surface area (Å²) in [6.07, 6.45) is 0. The Balaban J connectivity index is 1.57. The first kappa shape index (κ1) is 20.0. The van der Waals surface area contributed by atoms with Crippen LogP contribution in [0.25, 0.3) is 0 Å². The molecule has 0 heteroatoms. The third kappa shape index (κ3) is 4.26. The number of rotatable bonds is 6. The fraction of sp³-hybridized carbons (Fsp3) is 0.0312. The minimum absolute atomic E-state index is 0.211. The van der Waals surface area contributed by atoms with Crippen LogP contribution in [0.5, 0.6) is 0 Å². The van der Waals surface area contributed by atoms with Gasteiger partial charge in [-0.15, -0.1) is 0 Å². The van der Waals surface area contributed by atoms with E-state index in [1.165, 1.54) is 39.3 Å². The van der Waals surface area contributed by atoms with Crippen molar-refractivity contribution in [1.29, 1.82) is 0 Å². The summed E-state index contributed by atoms with van der Waals surface area (Å²) in [6.45, 7) is 0. The summed E-state index contributed by atoms with van der Waals surface area (Å²) >= 11 is 0. The van der Waals surface area contributed by atoms with Crippen LogP contribution in [0.15, 0.2) is 146 Å². The minimum Gasteiger partial charge on any atom is -0.0622 e. The fourth-order valence-corrected chi connectivity index (χ4v) is 4.42. The average Bonchev–Trinajstić information content (AvgIpc) is 2.88. The van der Waals surface area contributed by atoms with Crippen LogP contribution in [0.2, 0.25) is 0 Å². The first-order chi connectivity index (χ1) is 15.9. The molecule has 0 fully saturated rings. The van der Waals surface area contributed by atoms with Crippen LogP contribution >= 0.6 is 0 Å². The van der Waals surface area contributed by atoms with Gasteiger partial charge in [0.25, 0.3) is 0 Å². The van der Waals surface area contributed by atoms with E-state index < -0.39 is 0 Å². The molecule has 0 saturated heterocycles. The summed E-state index contributed by atoms with van der Waals surface area (Å²) in [5.74, 6) is 1.47. The van der Waals surface area contributed by atoms with Crippen molar-refractivity contribution in [2.24, 2.45) is 0 Å². The Hall–Kier alpha value is -3.90. The quantitative estimate of drug-likeness (QED) is 0.250. The summed E-state index contributed by atoms with van der Waals surface area (Å²) in [4.78, 5) is 0. The van der Waals surface area contributed by atoms with Crippen LogP contribution in [0, 0.1) is 5.92 Å². The first-order valence-electron chi connectivity index (χ1n) is 11.1. The van der Waals surface area contributed by atoms with Crippen molar-refractivity contribution >= 4 is 0 Å². The van der Waals surface area contributed by atoms with Crippen LogP contribution in [0.3, 0.4) is 0 Å². The SMILES string of the molecule is c1ccc([C](c2ccccc2)c2ccc(C(c3ccccc3)c3ccccc3)cc2)cc1. The average molecular weight is 410 g/mol. The lowest BCUT2D eigenvalue weighted by atomic mass is 9.82.